The molecule has 0 spiro atoms. The number of rotatable bonds is 8. The van der Waals surface area contributed by atoms with Crippen molar-refractivity contribution in [2.24, 2.45) is 11.8 Å². The van der Waals surface area contributed by atoms with Gasteiger partial charge in [0, 0.05) is 13.1 Å². The van der Waals surface area contributed by atoms with Crippen molar-refractivity contribution in [1.82, 2.24) is 5.06 Å². The van der Waals surface area contributed by atoms with Gasteiger partial charge in [-0.2, -0.15) is 5.06 Å². The van der Waals surface area contributed by atoms with Gasteiger partial charge >= 0.3 is 5.97 Å². The number of hydrogen-bond donors (Lipinski definition) is 0. The molecular formula is C18H27NO3. The lowest BCUT2D eigenvalue weighted by Gasteiger charge is -2.43. The first-order valence-corrected chi connectivity index (χ1v) is 8.22. The third-order valence-electron chi connectivity index (χ3n) is 4.54. The van der Waals surface area contributed by atoms with Crippen LogP contribution in [0.4, 0.5) is 0 Å². The first kappa shape index (κ1) is 17.0. The molecule has 122 valence electrons. The van der Waals surface area contributed by atoms with Crippen molar-refractivity contribution in [1.29, 1.82) is 0 Å². The second kappa shape index (κ2) is 8.30. The van der Waals surface area contributed by atoms with E-state index in [0.29, 0.717) is 25.2 Å². The lowest BCUT2D eigenvalue weighted by molar-refractivity contribution is -0.206. The van der Waals surface area contributed by atoms with Crippen molar-refractivity contribution in [3.63, 3.8) is 0 Å². The second-order valence-electron chi connectivity index (χ2n) is 5.96. The number of carbonyl (C=O) groups is 1. The maximum Gasteiger partial charge on any atom is 0.309 e. The molecule has 0 N–H and O–H groups in total. The van der Waals surface area contributed by atoms with Crippen molar-refractivity contribution in [3.8, 4) is 0 Å². The van der Waals surface area contributed by atoms with E-state index in [4.69, 9.17) is 9.57 Å². The van der Waals surface area contributed by atoms with Crippen molar-refractivity contribution in [3.05, 3.63) is 35.9 Å². The zero-order chi connectivity index (χ0) is 15.9. The highest BCUT2D eigenvalue weighted by molar-refractivity contribution is 5.72. The minimum absolute atomic E-state index is 0.0405. The van der Waals surface area contributed by atoms with Gasteiger partial charge in [0.15, 0.2) is 0 Å². The van der Waals surface area contributed by atoms with Gasteiger partial charge in [-0.05, 0) is 37.7 Å². The van der Waals surface area contributed by atoms with E-state index in [1.54, 1.807) is 0 Å². The monoisotopic (exact) mass is 305 g/mol. The van der Waals surface area contributed by atoms with Crippen LogP contribution >= 0.6 is 0 Å². The van der Waals surface area contributed by atoms with Crippen molar-refractivity contribution < 1.29 is 14.4 Å². The van der Waals surface area contributed by atoms with Crippen LogP contribution in [-0.2, 0) is 21.0 Å². The minimum atomic E-state index is -0.0405. The van der Waals surface area contributed by atoms with Gasteiger partial charge in [0.2, 0.25) is 0 Å². The number of hydrogen-bond acceptors (Lipinski definition) is 4. The smallest absolute Gasteiger partial charge is 0.309 e. The lowest BCUT2D eigenvalue weighted by atomic mass is 9.71. The van der Waals surface area contributed by atoms with E-state index >= 15 is 0 Å². The van der Waals surface area contributed by atoms with Gasteiger partial charge in [-0.25, -0.2) is 0 Å². The second-order valence-corrected chi connectivity index (χ2v) is 5.96. The standard InChI is InChI=1S/C18H27NO3/c1-4-17(18(20)21-5-2)15-11-16(12-15)19(3)22-13-14-9-7-6-8-10-14/h6-10,15-17H,4-5,11-13H2,1-3H3. The molecule has 1 aliphatic rings. The van der Waals surface area contributed by atoms with Crippen LogP contribution in [0.1, 0.15) is 38.7 Å². The van der Waals surface area contributed by atoms with Crippen LogP contribution in [0, 0.1) is 11.8 Å². The summed E-state index contributed by atoms with van der Waals surface area (Å²) < 4.78 is 5.17. The van der Waals surface area contributed by atoms with Crippen molar-refractivity contribution >= 4 is 5.97 Å². The molecule has 1 aromatic rings. The van der Waals surface area contributed by atoms with E-state index in [9.17, 15) is 4.79 Å². The van der Waals surface area contributed by atoms with E-state index in [2.05, 4.69) is 19.1 Å². The highest BCUT2D eigenvalue weighted by Gasteiger charge is 2.40. The molecule has 0 amide bonds. The minimum Gasteiger partial charge on any atom is -0.466 e. The van der Waals surface area contributed by atoms with Crippen LogP contribution in [0.15, 0.2) is 30.3 Å². The van der Waals surface area contributed by atoms with Gasteiger partial charge in [-0.3, -0.25) is 9.63 Å². The molecule has 22 heavy (non-hydrogen) atoms. The predicted octanol–water partition coefficient (Wildman–Crippen LogP) is 3.42. The zero-order valence-electron chi connectivity index (χ0n) is 13.8. The van der Waals surface area contributed by atoms with Gasteiger partial charge in [0.25, 0.3) is 0 Å². The third kappa shape index (κ3) is 4.31. The average Bonchev–Trinajstić information content (AvgIpc) is 2.49. The van der Waals surface area contributed by atoms with E-state index in [0.717, 1.165) is 19.3 Å². The Bertz CT molecular complexity index is 457. The van der Waals surface area contributed by atoms with Crippen LogP contribution in [0.5, 0.6) is 0 Å². The molecule has 1 aliphatic carbocycles. The topological polar surface area (TPSA) is 38.8 Å². The summed E-state index contributed by atoms with van der Waals surface area (Å²) in [5, 5.41) is 1.95. The number of benzene rings is 1. The Kier molecular flexibility index (Phi) is 6.40. The molecule has 0 heterocycles. The lowest BCUT2D eigenvalue weighted by Crippen LogP contribution is -2.46. The van der Waals surface area contributed by atoms with Crippen LogP contribution in [0.2, 0.25) is 0 Å². The summed E-state index contributed by atoms with van der Waals surface area (Å²) in [5.74, 6) is 0.428. The van der Waals surface area contributed by atoms with Gasteiger partial charge in [0.1, 0.15) is 0 Å². The fourth-order valence-electron chi connectivity index (χ4n) is 3.05. The first-order chi connectivity index (χ1) is 10.7. The molecule has 0 aromatic heterocycles. The molecule has 4 heteroatoms. The summed E-state index contributed by atoms with van der Waals surface area (Å²) in [6.45, 7) is 4.98. The fourth-order valence-corrected chi connectivity index (χ4v) is 3.05. The Balaban J connectivity index is 1.74. The SMILES string of the molecule is CCOC(=O)C(CC)C1CC(N(C)OCc2ccccc2)C1. The highest BCUT2D eigenvalue weighted by Crippen LogP contribution is 2.38. The van der Waals surface area contributed by atoms with E-state index in [-0.39, 0.29) is 11.9 Å². The number of esters is 1. The fraction of sp³-hybridized carbons (Fsp3) is 0.611. The molecule has 1 saturated carbocycles. The van der Waals surface area contributed by atoms with Crippen LogP contribution in [0.25, 0.3) is 0 Å². The maximum absolute atomic E-state index is 11.9. The predicted molar refractivity (Wildman–Crippen MR) is 85.9 cm³/mol. The summed E-state index contributed by atoms with van der Waals surface area (Å²) in [7, 11) is 1.98. The normalized spacial score (nSPS) is 22.2. The molecule has 0 aliphatic heterocycles. The molecule has 0 saturated heterocycles. The number of hydroxylamine groups is 2. The molecule has 1 atom stereocenters. The molecular weight excluding hydrogens is 278 g/mol. The number of ether oxygens (including phenoxy) is 1. The van der Waals surface area contributed by atoms with Gasteiger partial charge < -0.3 is 4.74 Å². The molecule has 1 unspecified atom stereocenters. The third-order valence-corrected chi connectivity index (χ3v) is 4.54. The van der Waals surface area contributed by atoms with Gasteiger partial charge in [-0.15, -0.1) is 0 Å². The summed E-state index contributed by atoms with van der Waals surface area (Å²) in [6.07, 6.45) is 2.86. The molecule has 2 rings (SSSR count). The molecule has 1 fully saturated rings. The van der Waals surface area contributed by atoms with E-state index in [1.165, 1.54) is 5.56 Å². The van der Waals surface area contributed by atoms with E-state index < -0.39 is 0 Å². The van der Waals surface area contributed by atoms with Gasteiger partial charge in [0.05, 0.1) is 19.1 Å². The Labute approximate surface area is 133 Å². The molecule has 4 nitrogen and oxygen atoms in total. The van der Waals surface area contributed by atoms with Crippen LogP contribution in [0.3, 0.4) is 0 Å². The summed E-state index contributed by atoms with van der Waals surface area (Å²) in [6, 6.07) is 10.6. The first-order valence-electron chi connectivity index (χ1n) is 8.22. The summed E-state index contributed by atoms with van der Waals surface area (Å²) in [5.41, 5.74) is 1.17. The molecule has 0 radical (unpaired) electrons. The summed E-state index contributed by atoms with van der Waals surface area (Å²) in [4.78, 5) is 17.7. The number of carbonyl (C=O) groups excluding carboxylic acids is 1. The average molecular weight is 305 g/mol. The van der Waals surface area contributed by atoms with Crippen LogP contribution in [-0.4, -0.2) is 30.7 Å². The van der Waals surface area contributed by atoms with Gasteiger partial charge in [-0.1, -0.05) is 37.3 Å². The Morgan fingerprint density at radius 2 is 1.95 bits per heavy atom. The largest absolute Gasteiger partial charge is 0.466 e. The quantitative estimate of drug-likeness (QED) is 0.545. The maximum atomic E-state index is 11.9. The van der Waals surface area contributed by atoms with E-state index in [1.807, 2.05) is 37.2 Å². The Morgan fingerprint density at radius 1 is 1.27 bits per heavy atom. The Morgan fingerprint density at radius 3 is 2.55 bits per heavy atom. The molecule has 0 bridgehead atoms. The summed E-state index contributed by atoms with van der Waals surface area (Å²) >= 11 is 0. The molecule has 1 aromatic carbocycles. The van der Waals surface area contributed by atoms with Crippen LogP contribution < -0.4 is 0 Å². The number of nitrogens with zero attached hydrogens (tertiary/aromatic N) is 1. The highest BCUT2D eigenvalue weighted by atomic mass is 16.7. The zero-order valence-corrected chi connectivity index (χ0v) is 13.8. The van der Waals surface area contributed by atoms with Crippen molar-refractivity contribution in [2.75, 3.05) is 13.7 Å². The Hall–Kier alpha value is -1.39. The van der Waals surface area contributed by atoms with Crippen molar-refractivity contribution in [2.45, 2.75) is 45.8 Å².